The molecule has 0 heterocycles. The zero-order chi connectivity index (χ0) is 14.7. The third-order valence-electron chi connectivity index (χ3n) is 2.70. The molecule has 108 valence electrons. The molecule has 0 amide bonds. The van der Waals surface area contributed by atoms with Gasteiger partial charge in [-0.2, -0.15) is 0 Å². The molecule has 0 radical (unpaired) electrons. The van der Waals surface area contributed by atoms with Gasteiger partial charge in [0.15, 0.2) is 0 Å². The Hall–Kier alpha value is -0.630. The van der Waals surface area contributed by atoms with Crippen LogP contribution >= 0.6 is 8.60 Å². The highest BCUT2D eigenvalue weighted by Gasteiger charge is 2.38. The van der Waals surface area contributed by atoms with E-state index in [1.165, 1.54) is 0 Å². The molecule has 1 atom stereocenters. The van der Waals surface area contributed by atoms with Gasteiger partial charge in [0.05, 0.1) is 6.10 Å². The minimum absolute atomic E-state index is 0.0678. The Balaban J connectivity index is 2.70. The predicted molar refractivity (Wildman–Crippen MR) is 80.0 cm³/mol. The number of hydrogen-bond donors (Lipinski definition) is 1. The molecule has 3 nitrogen and oxygen atoms in total. The number of rotatable bonds is 4. The third kappa shape index (κ3) is 5.48. The molecule has 0 fully saturated rings. The van der Waals surface area contributed by atoms with Crippen molar-refractivity contribution in [2.24, 2.45) is 10.8 Å². The van der Waals surface area contributed by atoms with Gasteiger partial charge in [0.2, 0.25) is 0 Å². The zero-order valence-electron chi connectivity index (χ0n) is 12.7. The van der Waals surface area contributed by atoms with Crippen LogP contribution in [0.4, 0.5) is 0 Å². The highest BCUT2D eigenvalue weighted by Crippen LogP contribution is 2.45. The maximum atomic E-state index is 10.0. The first kappa shape index (κ1) is 16.4. The number of benzene rings is 1. The molecular weight excluding hydrogens is 259 g/mol. The Bertz CT molecular complexity index is 365. The Morgan fingerprint density at radius 1 is 0.947 bits per heavy atom. The van der Waals surface area contributed by atoms with E-state index in [1.807, 2.05) is 18.2 Å². The Morgan fingerprint density at radius 3 is 1.84 bits per heavy atom. The van der Waals surface area contributed by atoms with Gasteiger partial charge >= 0.3 is 8.60 Å². The summed E-state index contributed by atoms with van der Waals surface area (Å²) in [6, 6.07) is 9.24. The van der Waals surface area contributed by atoms with Crippen molar-refractivity contribution in [1.82, 2.24) is 0 Å². The summed E-state index contributed by atoms with van der Waals surface area (Å²) in [5.74, 6) is 0.623. The molecule has 0 aromatic heterocycles. The summed E-state index contributed by atoms with van der Waals surface area (Å²) in [6.07, 6.45) is -0.0974. The fourth-order valence-electron chi connectivity index (χ4n) is 2.30. The zero-order valence-corrected chi connectivity index (χ0v) is 13.6. The van der Waals surface area contributed by atoms with E-state index in [9.17, 15) is 4.89 Å². The van der Waals surface area contributed by atoms with E-state index < -0.39 is 8.60 Å². The van der Waals surface area contributed by atoms with Crippen molar-refractivity contribution < 1.29 is 13.9 Å². The van der Waals surface area contributed by atoms with Gasteiger partial charge in [-0.05, 0) is 23.0 Å². The van der Waals surface area contributed by atoms with E-state index >= 15 is 0 Å². The van der Waals surface area contributed by atoms with E-state index in [-0.39, 0.29) is 16.9 Å². The SMILES string of the molecule is CC(C)(C)C(OP(O)Oc1ccccc1)C(C)(C)C. The first-order valence-electron chi connectivity index (χ1n) is 6.49. The molecule has 0 saturated heterocycles. The maximum absolute atomic E-state index is 10.0. The van der Waals surface area contributed by atoms with Crippen molar-refractivity contribution in [1.29, 1.82) is 0 Å². The van der Waals surface area contributed by atoms with Crippen molar-refractivity contribution in [3.05, 3.63) is 30.3 Å². The van der Waals surface area contributed by atoms with Crippen molar-refractivity contribution in [2.75, 3.05) is 0 Å². The van der Waals surface area contributed by atoms with Crippen LogP contribution in [0.1, 0.15) is 41.5 Å². The highest BCUT2D eigenvalue weighted by atomic mass is 31.2. The average molecular weight is 284 g/mol. The number of para-hydroxylation sites is 1. The molecule has 1 N–H and O–H groups in total. The Morgan fingerprint density at radius 2 is 1.42 bits per heavy atom. The Labute approximate surface area is 117 Å². The summed E-state index contributed by atoms with van der Waals surface area (Å²) in [7, 11) is -1.92. The highest BCUT2D eigenvalue weighted by molar-refractivity contribution is 7.41. The van der Waals surface area contributed by atoms with Gasteiger partial charge in [-0.25, -0.2) is 0 Å². The summed E-state index contributed by atoms with van der Waals surface area (Å²) >= 11 is 0. The van der Waals surface area contributed by atoms with Crippen LogP contribution < -0.4 is 4.52 Å². The van der Waals surface area contributed by atoms with E-state index in [1.54, 1.807) is 12.1 Å². The lowest BCUT2D eigenvalue weighted by atomic mass is 9.74. The van der Waals surface area contributed by atoms with Crippen LogP contribution in [0.15, 0.2) is 30.3 Å². The van der Waals surface area contributed by atoms with Gasteiger partial charge in [0, 0.05) is 0 Å². The summed E-state index contributed by atoms with van der Waals surface area (Å²) in [4.78, 5) is 10.0. The lowest BCUT2D eigenvalue weighted by Gasteiger charge is -2.40. The molecule has 0 aliphatic heterocycles. The molecular formula is C15H25O3P. The molecule has 1 aromatic rings. The molecule has 1 rings (SSSR count). The van der Waals surface area contributed by atoms with Crippen LogP contribution in [0.2, 0.25) is 0 Å². The van der Waals surface area contributed by atoms with Gasteiger partial charge in [-0.3, -0.25) is 4.52 Å². The molecule has 1 aromatic carbocycles. The molecule has 0 bridgehead atoms. The van der Waals surface area contributed by atoms with E-state index in [2.05, 4.69) is 41.5 Å². The summed E-state index contributed by atoms with van der Waals surface area (Å²) in [5.41, 5.74) is -0.136. The first-order chi connectivity index (χ1) is 8.60. The summed E-state index contributed by atoms with van der Waals surface area (Å²) < 4.78 is 11.2. The smallest absolute Gasteiger partial charge is 0.394 e. The van der Waals surface area contributed by atoms with Gasteiger partial charge < -0.3 is 9.42 Å². The number of hydrogen-bond acceptors (Lipinski definition) is 3. The van der Waals surface area contributed by atoms with E-state index in [0.29, 0.717) is 5.75 Å². The fraction of sp³-hybridized carbons (Fsp3) is 0.600. The fourth-order valence-corrected chi connectivity index (χ4v) is 3.46. The van der Waals surface area contributed by atoms with Crippen LogP contribution in [-0.2, 0) is 4.52 Å². The quantitative estimate of drug-likeness (QED) is 0.810. The maximum Gasteiger partial charge on any atom is 0.394 e. The second kappa shape index (κ2) is 6.21. The van der Waals surface area contributed by atoms with E-state index in [0.717, 1.165) is 0 Å². The summed E-state index contributed by atoms with van der Waals surface area (Å²) in [5, 5.41) is 0. The van der Waals surface area contributed by atoms with Crippen molar-refractivity contribution in [3.63, 3.8) is 0 Å². The predicted octanol–water partition coefficient (Wildman–Crippen LogP) is 4.76. The lowest BCUT2D eigenvalue weighted by Crippen LogP contribution is -2.39. The lowest BCUT2D eigenvalue weighted by molar-refractivity contribution is -0.00845. The van der Waals surface area contributed by atoms with Crippen LogP contribution in [0, 0.1) is 10.8 Å². The largest absolute Gasteiger partial charge is 0.427 e. The normalized spacial score (nSPS) is 14.5. The molecule has 0 aliphatic rings. The minimum atomic E-state index is -1.92. The van der Waals surface area contributed by atoms with Crippen molar-refractivity contribution >= 4 is 8.60 Å². The van der Waals surface area contributed by atoms with E-state index in [4.69, 9.17) is 9.05 Å². The monoisotopic (exact) mass is 284 g/mol. The minimum Gasteiger partial charge on any atom is -0.427 e. The van der Waals surface area contributed by atoms with Gasteiger partial charge in [0.25, 0.3) is 0 Å². The molecule has 19 heavy (non-hydrogen) atoms. The van der Waals surface area contributed by atoms with Crippen molar-refractivity contribution in [3.8, 4) is 5.75 Å². The molecule has 0 spiro atoms. The second-order valence-corrected chi connectivity index (χ2v) is 7.73. The third-order valence-corrected chi connectivity index (χ3v) is 3.45. The topological polar surface area (TPSA) is 38.7 Å². The van der Waals surface area contributed by atoms with Crippen LogP contribution in [0.3, 0.4) is 0 Å². The van der Waals surface area contributed by atoms with Crippen LogP contribution in [0.5, 0.6) is 5.75 Å². The van der Waals surface area contributed by atoms with Gasteiger partial charge in [-0.15, -0.1) is 0 Å². The molecule has 1 unspecified atom stereocenters. The molecule has 4 heteroatoms. The second-order valence-electron chi connectivity index (χ2n) is 6.86. The first-order valence-corrected chi connectivity index (χ1v) is 7.62. The standard InChI is InChI=1S/C15H25O3P/c1-14(2,3)13(15(4,5)6)18-19(16)17-12-10-8-7-9-11-12/h7-11,13,16H,1-6H3. The average Bonchev–Trinajstić information content (AvgIpc) is 2.24. The molecule has 0 aliphatic carbocycles. The van der Waals surface area contributed by atoms with Gasteiger partial charge in [-0.1, -0.05) is 59.7 Å². The van der Waals surface area contributed by atoms with Gasteiger partial charge in [0.1, 0.15) is 5.75 Å². The summed E-state index contributed by atoms with van der Waals surface area (Å²) in [6.45, 7) is 12.6. The van der Waals surface area contributed by atoms with Crippen LogP contribution in [-0.4, -0.2) is 11.0 Å². The van der Waals surface area contributed by atoms with Crippen molar-refractivity contribution in [2.45, 2.75) is 47.6 Å². The van der Waals surface area contributed by atoms with Crippen LogP contribution in [0.25, 0.3) is 0 Å². The molecule has 0 saturated carbocycles. The Kier molecular flexibility index (Phi) is 5.37.